The van der Waals surface area contributed by atoms with Gasteiger partial charge in [-0.25, -0.2) is 0 Å². The van der Waals surface area contributed by atoms with Gasteiger partial charge in [-0.05, 0) is 20.8 Å². The minimum Gasteiger partial charge on any atom is -0.325 e. The van der Waals surface area contributed by atoms with Gasteiger partial charge in [-0.3, -0.25) is 4.79 Å². The van der Waals surface area contributed by atoms with Crippen molar-refractivity contribution in [1.82, 2.24) is 4.90 Å². The fourth-order valence-corrected chi connectivity index (χ4v) is 1.20. The lowest BCUT2D eigenvalue weighted by Crippen LogP contribution is -2.48. The molecule has 3 nitrogen and oxygen atoms in total. The van der Waals surface area contributed by atoms with E-state index in [0.29, 0.717) is 6.54 Å². The van der Waals surface area contributed by atoms with Crippen LogP contribution in [0.5, 0.6) is 0 Å². The Hall–Kier alpha value is -1.04. The number of carbonyl (C=O) groups is 1. The van der Waals surface area contributed by atoms with Crippen molar-refractivity contribution in [1.29, 1.82) is 5.26 Å². The first-order valence-electron chi connectivity index (χ1n) is 4.59. The number of rotatable bonds is 3. The van der Waals surface area contributed by atoms with Crippen LogP contribution in [0.3, 0.4) is 0 Å². The van der Waals surface area contributed by atoms with E-state index in [4.69, 9.17) is 5.26 Å². The van der Waals surface area contributed by atoms with Gasteiger partial charge in [0.15, 0.2) is 0 Å². The second-order valence-electron chi connectivity index (χ2n) is 3.91. The van der Waals surface area contributed by atoms with Crippen LogP contribution in [-0.2, 0) is 4.79 Å². The summed E-state index contributed by atoms with van der Waals surface area (Å²) in [5, 5.41) is 8.88. The Bertz CT molecular complexity index is 226. The van der Waals surface area contributed by atoms with E-state index in [1.165, 1.54) is 0 Å². The van der Waals surface area contributed by atoms with Crippen LogP contribution < -0.4 is 0 Å². The van der Waals surface area contributed by atoms with Gasteiger partial charge in [0.2, 0.25) is 5.91 Å². The smallest absolute Gasteiger partial charge is 0.226 e. The summed E-state index contributed by atoms with van der Waals surface area (Å²) in [5.41, 5.74) is -0.698. The first-order chi connectivity index (χ1) is 5.86. The van der Waals surface area contributed by atoms with Crippen LogP contribution in [-0.4, -0.2) is 22.9 Å². The average molecular weight is 182 g/mol. The van der Waals surface area contributed by atoms with E-state index in [2.05, 4.69) is 6.07 Å². The van der Waals surface area contributed by atoms with Gasteiger partial charge in [-0.15, -0.1) is 0 Å². The van der Waals surface area contributed by atoms with Crippen molar-refractivity contribution in [3.8, 4) is 6.07 Å². The molecular weight excluding hydrogens is 164 g/mol. The molecule has 0 radical (unpaired) electrons. The van der Waals surface area contributed by atoms with E-state index >= 15 is 0 Å². The normalized spacial score (nSPS) is 11.2. The Balaban J connectivity index is 4.73. The number of nitriles is 1. The van der Waals surface area contributed by atoms with Crippen molar-refractivity contribution in [3.05, 3.63) is 0 Å². The molecule has 0 heterocycles. The Morgan fingerprint density at radius 3 is 2.23 bits per heavy atom. The molecule has 0 bridgehead atoms. The summed E-state index contributed by atoms with van der Waals surface area (Å²) in [6, 6.07) is 2.13. The molecule has 0 aromatic carbocycles. The summed E-state index contributed by atoms with van der Waals surface area (Å²) in [6.07, 6.45) is 0. The van der Waals surface area contributed by atoms with Crippen LogP contribution >= 0.6 is 0 Å². The van der Waals surface area contributed by atoms with Gasteiger partial charge >= 0.3 is 0 Å². The maximum atomic E-state index is 11.7. The van der Waals surface area contributed by atoms with Crippen molar-refractivity contribution in [3.63, 3.8) is 0 Å². The van der Waals surface area contributed by atoms with E-state index in [1.807, 2.05) is 20.8 Å². The van der Waals surface area contributed by atoms with Crippen LogP contribution in [0.4, 0.5) is 0 Å². The predicted octanol–water partition coefficient (Wildman–Crippen LogP) is 1.79. The first kappa shape index (κ1) is 12.0. The summed E-state index contributed by atoms with van der Waals surface area (Å²) < 4.78 is 0. The Morgan fingerprint density at radius 2 is 2.00 bits per heavy atom. The van der Waals surface area contributed by atoms with Gasteiger partial charge in [0, 0.05) is 12.5 Å². The van der Waals surface area contributed by atoms with E-state index in [1.54, 1.807) is 18.7 Å². The topological polar surface area (TPSA) is 44.1 Å². The largest absolute Gasteiger partial charge is 0.325 e. The lowest BCUT2D eigenvalue weighted by Gasteiger charge is -2.33. The molecule has 0 aliphatic heterocycles. The van der Waals surface area contributed by atoms with Gasteiger partial charge in [0.25, 0.3) is 0 Å². The standard InChI is InChI=1S/C10H18N2O/c1-6-12(9(13)8(2)3)10(4,5)7-11/h8H,6H2,1-5H3. The highest BCUT2D eigenvalue weighted by atomic mass is 16.2. The molecule has 0 aliphatic rings. The fourth-order valence-electron chi connectivity index (χ4n) is 1.20. The molecule has 0 fully saturated rings. The van der Waals surface area contributed by atoms with Gasteiger partial charge in [0.1, 0.15) is 5.54 Å². The minimum absolute atomic E-state index is 0.0362. The number of hydrogen-bond donors (Lipinski definition) is 0. The highest BCUT2D eigenvalue weighted by Crippen LogP contribution is 2.15. The molecule has 0 aromatic rings. The third-order valence-corrected chi connectivity index (χ3v) is 2.02. The maximum Gasteiger partial charge on any atom is 0.226 e. The molecule has 3 heteroatoms. The zero-order valence-electron chi connectivity index (χ0n) is 9.09. The van der Waals surface area contributed by atoms with Gasteiger partial charge in [-0.2, -0.15) is 5.26 Å². The van der Waals surface area contributed by atoms with Crippen molar-refractivity contribution >= 4 is 5.91 Å². The highest BCUT2D eigenvalue weighted by Gasteiger charge is 2.30. The number of carbonyl (C=O) groups excluding carboxylic acids is 1. The van der Waals surface area contributed by atoms with E-state index in [9.17, 15) is 4.79 Å². The summed E-state index contributed by atoms with van der Waals surface area (Å²) in [6.45, 7) is 9.68. The third kappa shape index (κ3) is 2.73. The molecule has 0 atom stereocenters. The zero-order valence-corrected chi connectivity index (χ0v) is 9.09. The van der Waals surface area contributed by atoms with Gasteiger partial charge in [-0.1, -0.05) is 13.8 Å². The molecule has 0 saturated carbocycles. The molecule has 0 N–H and O–H groups in total. The van der Waals surface area contributed by atoms with Crippen LogP contribution in [0.2, 0.25) is 0 Å². The van der Waals surface area contributed by atoms with Crippen molar-refractivity contribution in [2.45, 2.75) is 40.2 Å². The maximum absolute atomic E-state index is 11.7. The van der Waals surface area contributed by atoms with E-state index < -0.39 is 5.54 Å². The van der Waals surface area contributed by atoms with Crippen molar-refractivity contribution in [2.75, 3.05) is 6.54 Å². The van der Waals surface area contributed by atoms with Crippen LogP contribution in [0.25, 0.3) is 0 Å². The monoisotopic (exact) mass is 182 g/mol. The summed E-state index contributed by atoms with van der Waals surface area (Å²) >= 11 is 0. The van der Waals surface area contributed by atoms with Crippen LogP contribution in [0, 0.1) is 17.2 Å². The second kappa shape index (κ2) is 4.27. The second-order valence-corrected chi connectivity index (χ2v) is 3.91. The number of amides is 1. The predicted molar refractivity (Wildman–Crippen MR) is 51.9 cm³/mol. The first-order valence-corrected chi connectivity index (χ1v) is 4.59. The highest BCUT2D eigenvalue weighted by molar-refractivity contribution is 5.79. The van der Waals surface area contributed by atoms with E-state index in [0.717, 1.165) is 0 Å². The van der Waals surface area contributed by atoms with Gasteiger partial charge < -0.3 is 4.90 Å². The fraction of sp³-hybridized carbons (Fsp3) is 0.800. The van der Waals surface area contributed by atoms with E-state index in [-0.39, 0.29) is 11.8 Å². The summed E-state index contributed by atoms with van der Waals surface area (Å²) in [7, 11) is 0. The minimum atomic E-state index is -0.698. The Labute approximate surface area is 80.3 Å². The average Bonchev–Trinajstić information content (AvgIpc) is 2.05. The SMILES string of the molecule is CCN(C(=O)C(C)C)C(C)(C)C#N. The quantitative estimate of drug-likeness (QED) is 0.668. The third-order valence-electron chi connectivity index (χ3n) is 2.02. The van der Waals surface area contributed by atoms with Crippen LogP contribution in [0.15, 0.2) is 0 Å². The summed E-state index contributed by atoms with van der Waals surface area (Å²) in [5.74, 6) is -0.0124. The molecule has 0 rings (SSSR count). The molecule has 74 valence electrons. The number of nitrogens with zero attached hydrogens (tertiary/aromatic N) is 2. The molecule has 1 amide bonds. The molecule has 0 aliphatic carbocycles. The van der Waals surface area contributed by atoms with Crippen LogP contribution in [0.1, 0.15) is 34.6 Å². The Kier molecular flexibility index (Phi) is 3.93. The molecular formula is C10H18N2O. The zero-order chi connectivity index (χ0) is 10.6. The lowest BCUT2D eigenvalue weighted by atomic mass is 10.0. The number of hydrogen-bond acceptors (Lipinski definition) is 2. The molecule has 0 unspecified atom stereocenters. The Morgan fingerprint density at radius 1 is 1.54 bits per heavy atom. The van der Waals surface area contributed by atoms with Gasteiger partial charge in [0.05, 0.1) is 6.07 Å². The summed E-state index contributed by atoms with van der Waals surface area (Å²) in [4.78, 5) is 13.3. The lowest BCUT2D eigenvalue weighted by molar-refractivity contribution is -0.137. The van der Waals surface area contributed by atoms with Crippen molar-refractivity contribution < 1.29 is 4.79 Å². The molecule has 0 saturated heterocycles. The van der Waals surface area contributed by atoms with Crippen molar-refractivity contribution in [2.24, 2.45) is 5.92 Å². The molecule has 0 aromatic heterocycles. The molecule has 13 heavy (non-hydrogen) atoms. The molecule has 0 spiro atoms.